The molecule has 15 heavy (non-hydrogen) atoms. The molecular formula is C8H15N3O3S. The van der Waals surface area contributed by atoms with Crippen molar-refractivity contribution in [3.05, 3.63) is 12.3 Å². The third kappa shape index (κ3) is 2.77. The van der Waals surface area contributed by atoms with Crippen molar-refractivity contribution in [3.63, 3.8) is 0 Å². The highest BCUT2D eigenvalue weighted by Gasteiger charge is 2.28. The largest absolute Gasteiger partial charge is 0.394 e. The average molecular weight is 233 g/mol. The van der Waals surface area contributed by atoms with Crippen molar-refractivity contribution in [2.45, 2.75) is 30.8 Å². The maximum Gasteiger partial charge on any atom is 0.258 e. The first-order chi connectivity index (χ1) is 6.93. The number of aliphatic hydroxyl groups is 1. The van der Waals surface area contributed by atoms with Gasteiger partial charge < -0.3 is 5.11 Å². The summed E-state index contributed by atoms with van der Waals surface area (Å²) in [6.07, 6.45) is 1.85. The summed E-state index contributed by atoms with van der Waals surface area (Å²) in [5.41, 5.74) is -0.843. The summed E-state index contributed by atoms with van der Waals surface area (Å²) in [6.45, 7) is 3.18. The first-order valence-electron chi connectivity index (χ1n) is 4.58. The first-order valence-corrected chi connectivity index (χ1v) is 6.06. The molecule has 1 unspecified atom stereocenters. The van der Waals surface area contributed by atoms with E-state index in [4.69, 9.17) is 5.11 Å². The Morgan fingerprint density at radius 1 is 1.67 bits per heavy atom. The van der Waals surface area contributed by atoms with E-state index in [-0.39, 0.29) is 11.6 Å². The van der Waals surface area contributed by atoms with Gasteiger partial charge in [0.15, 0.2) is 5.03 Å². The lowest BCUT2D eigenvalue weighted by molar-refractivity contribution is 0.191. The molecule has 0 aliphatic heterocycles. The van der Waals surface area contributed by atoms with Gasteiger partial charge >= 0.3 is 0 Å². The summed E-state index contributed by atoms with van der Waals surface area (Å²) in [4.78, 5) is 0. The Morgan fingerprint density at radius 3 is 2.73 bits per heavy atom. The molecule has 1 aromatic rings. The number of hydrogen-bond donors (Lipinski definition) is 3. The third-order valence-electron chi connectivity index (χ3n) is 2.27. The Bertz CT molecular complexity index is 395. The second-order valence-electron chi connectivity index (χ2n) is 3.60. The second kappa shape index (κ2) is 4.30. The van der Waals surface area contributed by atoms with Crippen LogP contribution in [0, 0.1) is 0 Å². The Kier molecular flexibility index (Phi) is 3.48. The van der Waals surface area contributed by atoms with Crippen molar-refractivity contribution in [2.24, 2.45) is 0 Å². The first kappa shape index (κ1) is 12.2. The van der Waals surface area contributed by atoms with E-state index in [0.717, 1.165) is 0 Å². The van der Waals surface area contributed by atoms with Crippen molar-refractivity contribution in [1.29, 1.82) is 0 Å². The van der Waals surface area contributed by atoms with Crippen molar-refractivity contribution >= 4 is 10.0 Å². The summed E-state index contributed by atoms with van der Waals surface area (Å²) >= 11 is 0. The molecule has 1 rings (SSSR count). The van der Waals surface area contributed by atoms with E-state index in [0.29, 0.717) is 6.42 Å². The monoisotopic (exact) mass is 233 g/mol. The minimum Gasteiger partial charge on any atom is -0.394 e. The quantitative estimate of drug-likeness (QED) is 0.659. The molecule has 3 N–H and O–H groups in total. The molecule has 1 atom stereocenters. The lowest BCUT2D eigenvalue weighted by atomic mass is 10.0. The molecule has 0 saturated carbocycles. The van der Waals surface area contributed by atoms with Crippen LogP contribution < -0.4 is 4.72 Å². The van der Waals surface area contributed by atoms with Gasteiger partial charge in [-0.05, 0) is 19.4 Å². The zero-order valence-corrected chi connectivity index (χ0v) is 9.50. The van der Waals surface area contributed by atoms with Crippen LogP contribution >= 0.6 is 0 Å². The molecule has 0 aromatic carbocycles. The number of nitrogens with one attached hydrogen (secondary N) is 2. The molecule has 7 heteroatoms. The molecule has 1 aromatic heterocycles. The van der Waals surface area contributed by atoms with E-state index in [1.54, 1.807) is 13.8 Å². The highest BCUT2D eigenvalue weighted by molar-refractivity contribution is 7.89. The highest BCUT2D eigenvalue weighted by Crippen LogP contribution is 2.13. The van der Waals surface area contributed by atoms with Gasteiger partial charge in [-0.3, -0.25) is 5.10 Å². The lowest BCUT2D eigenvalue weighted by Crippen LogP contribution is -2.48. The second-order valence-corrected chi connectivity index (χ2v) is 5.25. The fraction of sp³-hybridized carbons (Fsp3) is 0.625. The number of aromatic nitrogens is 2. The Hall–Kier alpha value is -0.920. The molecule has 0 aliphatic carbocycles. The maximum atomic E-state index is 11.7. The summed E-state index contributed by atoms with van der Waals surface area (Å²) < 4.78 is 25.9. The zero-order valence-electron chi connectivity index (χ0n) is 8.69. The smallest absolute Gasteiger partial charge is 0.258 e. The van der Waals surface area contributed by atoms with Gasteiger partial charge in [0.2, 0.25) is 0 Å². The van der Waals surface area contributed by atoms with Crippen LogP contribution in [0.5, 0.6) is 0 Å². The molecule has 0 spiro atoms. The Balaban J connectivity index is 2.91. The van der Waals surface area contributed by atoms with Crippen molar-refractivity contribution in [3.8, 4) is 0 Å². The van der Waals surface area contributed by atoms with Gasteiger partial charge in [0.25, 0.3) is 10.0 Å². The summed E-state index contributed by atoms with van der Waals surface area (Å²) in [5.74, 6) is 0. The van der Waals surface area contributed by atoms with Crippen LogP contribution in [0.1, 0.15) is 20.3 Å². The molecule has 0 saturated heterocycles. The Labute approximate surface area is 88.8 Å². The molecular weight excluding hydrogens is 218 g/mol. The predicted octanol–water partition coefficient (Wildman–Crippen LogP) is -0.151. The molecule has 0 fully saturated rings. The van der Waals surface area contributed by atoms with Gasteiger partial charge in [-0.1, -0.05) is 6.92 Å². The van der Waals surface area contributed by atoms with Crippen LogP contribution in [0.3, 0.4) is 0 Å². The molecule has 0 radical (unpaired) electrons. The fourth-order valence-electron chi connectivity index (χ4n) is 0.988. The molecule has 0 aliphatic rings. The van der Waals surface area contributed by atoms with Crippen LogP contribution in [-0.4, -0.2) is 35.9 Å². The fourth-order valence-corrected chi connectivity index (χ4v) is 2.37. The number of H-pyrrole nitrogens is 1. The van der Waals surface area contributed by atoms with Crippen LogP contribution in [0.15, 0.2) is 17.3 Å². The SMILES string of the molecule is CCC(C)(CO)NS(=O)(=O)c1ccn[nH]1. The van der Waals surface area contributed by atoms with E-state index in [1.807, 2.05) is 0 Å². The zero-order chi connectivity index (χ0) is 11.5. The maximum absolute atomic E-state index is 11.7. The highest BCUT2D eigenvalue weighted by atomic mass is 32.2. The van der Waals surface area contributed by atoms with E-state index >= 15 is 0 Å². The van der Waals surface area contributed by atoms with Crippen LogP contribution in [-0.2, 0) is 10.0 Å². The average Bonchev–Trinajstić information content (AvgIpc) is 2.70. The Morgan fingerprint density at radius 2 is 2.33 bits per heavy atom. The van der Waals surface area contributed by atoms with Crippen LogP contribution in [0.2, 0.25) is 0 Å². The number of nitrogens with zero attached hydrogens (tertiary/aromatic N) is 1. The summed E-state index contributed by atoms with van der Waals surface area (Å²) in [5, 5.41) is 15.0. The van der Waals surface area contributed by atoms with E-state index < -0.39 is 15.6 Å². The van der Waals surface area contributed by atoms with Gasteiger partial charge in [0, 0.05) is 0 Å². The van der Waals surface area contributed by atoms with E-state index in [1.165, 1.54) is 12.3 Å². The summed E-state index contributed by atoms with van der Waals surface area (Å²) in [6, 6.07) is 1.36. The van der Waals surface area contributed by atoms with Crippen molar-refractivity contribution < 1.29 is 13.5 Å². The lowest BCUT2D eigenvalue weighted by Gasteiger charge is -2.26. The molecule has 1 heterocycles. The molecule has 6 nitrogen and oxygen atoms in total. The van der Waals surface area contributed by atoms with Crippen molar-refractivity contribution in [1.82, 2.24) is 14.9 Å². The summed E-state index contributed by atoms with van der Waals surface area (Å²) in [7, 11) is -3.63. The minimum absolute atomic E-state index is 0.00405. The topological polar surface area (TPSA) is 95.1 Å². The molecule has 86 valence electrons. The number of aliphatic hydroxyl groups excluding tert-OH is 1. The number of aromatic amines is 1. The standard InChI is InChI=1S/C8H15N3O3S/c1-3-8(2,6-12)11-15(13,14)7-4-5-9-10-7/h4-5,11-12H,3,6H2,1-2H3,(H,9,10). The predicted molar refractivity (Wildman–Crippen MR) is 54.7 cm³/mol. The van der Waals surface area contributed by atoms with Crippen molar-refractivity contribution in [2.75, 3.05) is 6.61 Å². The molecule has 0 amide bonds. The van der Waals surface area contributed by atoms with Crippen LogP contribution in [0.25, 0.3) is 0 Å². The third-order valence-corrected chi connectivity index (χ3v) is 3.84. The van der Waals surface area contributed by atoms with Gasteiger partial charge in [-0.15, -0.1) is 0 Å². The van der Waals surface area contributed by atoms with Gasteiger partial charge in [0.1, 0.15) is 0 Å². The van der Waals surface area contributed by atoms with E-state index in [2.05, 4.69) is 14.9 Å². The van der Waals surface area contributed by atoms with E-state index in [9.17, 15) is 8.42 Å². The normalized spacial score (nSPS) is 16.2. The van der Waals surface area contributed by atoms with Gasteiger partial charge in [-0.25, -0.2) is 13.1 Å². The molecule has 0 bridgehead atoms. The minimum atomic E-state index is -3.63. The number of rotatable bonds is 5. The van der Waals surface area contributed by atoms with Gasteiger partial charge in [-0.2, -0.15) is 5.10 Å². The number of hydrogen-bond acceptors (Lipinski definition) is 4. The number of sulfonamides is 1. The van der Waals surface area contributed by atoms with Gasteiger partial charge in [0.05, 0.1) is 18.3 Å². The van der Waals surface area contributed by atoms with Crippen LogP contribution in [0.4, 0.5) is 0 Å².